The molecule has 2 atom stereocenters. The number of rotatable bonds is 6. The highest BCUT2D eigenvalue weighted by Gasteiger charge is 2.48. The summed E-state index contributed by atoms with van der Waals surface area (Å²) in [6, 6.07) is 4.32. The maximum atomic E-state index is 13.9. The van der Waals surface area contributed by atoms with Crippen molar-refractivity contribution in [2.24, 2.45) is 0 Å². The molecule has 2 aliphatic heterocycles. The van der Waals surface area contributed by atoms with Gasteiger partial charge in [-0.25, -0.2) is 17.8 Å². The van der Waals surface area contributed by atoms with E-state index < -0.39 is 21.3 Å². The number of hydrogen-bond acceptors (Lipinski definition) is 6. The Bertz CT molecular complexity index is 987. The lowest BCUT2D eigenvalue weighted by atomic mass is 9.93. The van der Waals surface area contributed by atoms with Gasteiger partial charge in [0.1, 0.15) is 6.17 Å². The van der Waals surface area contributed by atoms with Gasteiger partial charge in [0.15, 0.2) is 10.3 Å². The third kappa shape index (κ3) is 3.83. The van der Waals surface area contributed by atoms with Crippen LogP contribution in [0, 0.1) is 5.13 Å². The highest BCUT2D eigenvalue weighted by atomic mass is 35.5. The summed E-state index contributed by atoms with van der Waals surface area (Å²) in [6.07, 6.45) is 2.60. The molecule has 1 aromatic carbocycles. The minimum Gasteiger partial charge on any atom is -0.382 e. The fourth-order valence-corrected chi connectivity index (χ4v) is 6.16. The number of hydrogen-bond donors (Lipinski definition) is 2. The molecule has 2 N–H and O–H groups in total. The van der Waals surface area contributed by atoms with Crippen molar-refractivity contribution >= 4 is 43.8 Å². The van der Waals surface area contributed by atoms with Crippen molar-refractivity contribution in [2.75, 3.05) is 29.7 Å². The van der Waals surface area contributed by atoms with Crippen molar-refractivity contribution in [1.29, 1.82) is 0 Å². The Labute approximate surface area is 171 Å². The minimum atomic E-state index is -3.93. The lowest BCUT2D eigenvalue weighted by Crippen LogP contribution is -2.44. The molecule has 0 bridgehead atoms. The number of nitrogens with one attached hydrogen (secondary N) is 2. The van der Waals surface area contributed by atoms with Crippen molar-refractivity contribution in [2.45, 2.75) is 35.9 Å². The van der Waals surface area contributed by atoms with Crippen LogP contribution in [0.25, 0.3) is 0 Å². The Balaban J connectivity index is 1.47. The van der Waals surface area contributed by atoms with E-state index in [2.05, 4.69) is 19.9 Å². The average molecular weight is 449 g/mol. The minimum absolute atomic E-state index is 0.0518. The molecule has 2 unspecified atom stereocenters. The normalized spacial score (nSPS) is 25.0. The predicted molar refractivity (Wildman–Crippen MR) is 106 cm³/mol. The maximum absolute atomic E-state index is 13.9. The molecule has 2 aromatic rings. The van der Waals surface area contributed by atoms with E-state index in [1.165, 1.54) is 12.1 Å². The standard InChI is InChI=1S/C17H19ClF2N4O2S2/c18-13-6-12(28(25,26)23-16-21-8-15(20)27-16)2-3-14(13)22-10-17-4-1-5-24(17)9-11(19)7-17/h2-3,6,8,11,22H,1,4-5,7,9-10H2,(H,21,23). The fourth-order valence-electron chi connectivity index (χ4n) is 4.04. The molecule has 0 aliphatic carbocycles. The summed E-state index contributed by atoms with van der Waals surface area (Å²) < 4.78 is 54.0. The maximum Gasteiger partial charge on any atom is 0.263 e. The summed E-state index contributed by atoms with van der Waals surface area (Å²) in [5, 5.41) is 2.85. The van der Waals surface area contributed by atoms with Crippen molar-refractivity contribution in [3.8, 4) is 0 Å². The molecule has 0 spiro atoms. The van der Waals surface area contributed by atoms with Crippen molar-refractivity contribution in [1.82, 2.24) is 9.88 Å². The Hall–Kier alpha value is -1.49. The first-order valence-electron chi connectivity index (χ1n) is 8.84. The Morgan fingerprint density at radius 3 is 2.96 bits per heavy atom. The summed E-state index contributed by atoms with van der Waals surface area (Å²) in [5.74, 6) is 0. The van der Waals surface area contributed by atoms with Crippen LogP contribution < -0.4 is 10.0 Å². The predicted octanol–water partition coefficient (Wildman–Crippen LogP) is 3.72. The smallest absolute Gasteiger partial charge is 0.263 e. The van der Waals surface area contributed by atoms with Crippen LogP contribution in [0.5, 0.6) is 0 Å². The van der Waals surface area contributed by atoms with Crippen LogP contribution in [-0.4, -0.2) is 49.6 Å². The first kappa shape index (κ1) is 19.8. The van der Waals surface area contributed by atoms with Crippen LogP contribution in [-0.2, 0) is 10.0 Å². The zero-order valence-electron chi connectivity index (χ0n) is 14.8. The Kier molecular flexibility index (Phi) is 5.24. The van der Waals surface area contributed by atoms with Gasteiger partial charge in [0.05, 0.1) is 21.8 Å². The molecule has 28 heavy (non-hydrogen) atoms. The second kappa shape index (κ2) is 7.40. The number of alkyl halides is 1. The number of anilines is 2. The molecule has 2 aliphatic rings. The van der Waals surface area contributed by atoms with Crippen molar-refractivity contribution < 1.29 is 17.2 Å². The largest absolute Gasteiger partial charge is 0.382 e. The van der Waals surface area contributed by atoms with Crippen LogP contribution in [0.4, 0.5) is 19.6 Å². The molecule has 3 heterocycles. The third-order valence-electron chi connectivity index (χ3n) is 5.32. The van der Waals surface area contributed by atoms with E-state index in [1.54, 1.807) is 6.07 Å². The van der Waals surface area contributed by atoms with Gasteiger partial charge in [-0.1, -0.05) is 22.9 Å². The summed E-state index contributed by atoms with van der Waals surface area (Å²) >= 11 is 6.88. The first-order valence-corrected chi connectivity index (χ1v) is 11.5. The monoisotopic (exact) mass is 448 g/mol. The third-order valence-corrected chi connectivity index (χ3v) is 7.80. The Morgan fingerprint density at radius 1 is 1.43 bits per heavy atom. The van der Waals surface area contributed by atoms with E-state index in [1.807, 2.05) is 0 Å². The van der Waals surface area contributed by atoms with Crippen LogP contribution in [0.3, 0.4) is 0 Å². The van der Waals surface area contributed by atoms with Gasteiger partial charge < -0.3 is 5.32 Å². The number of fused-ring (bicyclic) bond motifs is 1. The van der Waals surface area contributed by atoms with E-state index in [4.69, 9.17) is 11.6 Å². The van der Waals surface area contributed by atoms with Gasteiger partial charge in [0.2, 0.25) is 0 Å². The molecule has 2 fully saturated rings. The SMILES string of the molecule is O=S(=O)(Nc1ncc(F)s1)c1ccc(NCC23CCCN2CC(F)C3)c(Cl)c1. The molecule has 0 amide bonds. The van der Waals surface area contributed by atoms with Crippen LogP contribution in [0.15, 0.2) is 29.3 Å². The molecule has 4 rings (SSSR count). The number of halogens is 3. The van der Waals surface area contributed by atoms with Crippen molar-refractivity contribution in [3.63, 3.8) is 0 Å². The number of aromatic nitrogens is 1. The molecule has 152 valence electrons. The van der Waals surface area contributed by atoms with E-state index in [9.17, 15) is 17.2 Å². The van der Waals surface area contributed by atoms with Gasteiger partial charge in [-0.2, -0.15) is 4.39 Å². The molecule has 0 radical (unpaired) electrons. The van der Waals surface area contributed by atoms with Crippen LogP contribution >= 0.6 is 22.9 Å². The van der Waals surface area contributed by atoms with E-state index >= 15 is 0 Å². The van der Waals surface area contributed by atoms with Gasteiger partial charge in [-0.15, -0.1) is 0 Å². The summed E-state index contributed by atoms with van der Waals surface area (Å²) in [5.41, 5.74) is 0.383. The number of nitrogens with zero attached hydrogens (tertiary/aromatic N) is 2. The highest BCUT2D eigenvalue weighted by molar-refractivity contribution is 7.93. The summed E-state index contributed by atoms with van der Waals surface area (Å²) in [7, 11) is -3.93. The Morgan fingerprint density at radius 2 is 2.25 bits per heavy atom. The van der Waals surface area contributed by atoms with Gasteiger partial charge >= 0.3 is 0 Å². The highest BCUT2D eigenvalue weighted by Crippen LogP contribution is 2.40. The number of benzene rings is 1. The van der Waals surface area contributed by atoms with Gasteiger partial charge in [-0.05, 0) is 44.0 Å². The van der Waals surface area contributed by atoms with Crippen LogP contribution in [0.1, 0.15) is 19.3 Å². The fraction of sp³-hybridized carbons (Fsp3) is 0.471. The molecular formula is C17H19ClF2N4O2S2. The zero-order chi connectivity index (χ0) is 19.9. The average Bonchev–Trinajstić information content (AvgIpc) is 3.27. The zero-order valence-corrected chi connectivity index (χ0v) is 17.2. The van der Waals surface area contributed by atoms with Gasteiger partial charge in [0.25, 0.3) is 10.0 Å². The second-order valence-corrected chi connectivity index (χ2v) is 10.2. The van der Waals surface area contributed by atoms with Gasteiger partial charge in [0, 0.05) is 18.6 Å². The number of thiazole rings is 1. The quantitative estimate of drug-likeness (QED) is 0.704. The molecular weight excluding hydrogens is 430 g/mol. The van der Waals surface area contributed by atoms with Crippen LogP contribution in [0.2, 0.25) is 5.02 Å². The van der Waals surface area contributed by atoms with Crippen molar-refractivity contribution in [3.05, 3.63) is 34.5 Å². The van der Waals surface area contributed by atoms with E-state index in [-0.39, 0.29) is 20.6 Å². The van der Waals surface area contributed by atoms with Gasteiger partial charge in [-0.3, -0.25) is 9.62 Å². The molecule has 11 heteroatoms. The second-order valence-electron chi connectivity index (χ2n) is 7.15. The van der Waals surface area contributed by atoms with E-state index in [0.29, 0.717) is 36.5 Å². The topological polar surface area (TPSA) is 74.3 Å². The number of sulfonamides is 1. The molecule has 0 saturated carbocycles. The van der Waals surface area contributed by atoms with E-state index in [0.717, 1.165) is 25.6 Å². The summed E-state index contributed by atoms with van der Waals surface area (Å²) in [4.78, 5) is 5.79. The molecule has 2 saturated heterocycles. The molecule has 6 nitrogen and oxygen atoms in total. The lowest BCUT2D eigenvalue weighted by molar-refractivity contribution is 0.209. The molecule has 1 aromatic heterocycles. The summed E-state index contributed by atoms with van der Waals surface area (Å²) in [6.45, 7) is 1.92. The lowest BCUT2D eigenvalue weighted by Gasteiger charge is -2.32. The first-order chi connectivity index (χ1) is 13.3.